The summed E-state index contributed by atoms with van der Waals surface area (Å²) in [6.45, 7) is 11.2. The molecule has 0 aromatic rings. The normalized spacial score (nSPS) is 23.8. The smallest absolute Gasteiger partial charge is 0.116 e. The van der Waals surface area contributed by atoms with E-state index >= 15 is 0 Å². The van der Waals surface area contributed by atoms with Gasteiger partial charge in [-0.05, 0) is 33.6 Å². The van der Waals surface area contributed by atoms with Gasteiger partial charge in [-0.15, -0.1) is 0 Å². The minimum atomic E-state index is -0.138. The predicted molar refractivity (Wildman–Crippen MR) is 67.9 cm³/mol. The van der Waals surface area contributed by atoms with E-state index in [4.69, 9.17) is 14.6 Å². The lowest BCUT2D eigenvalue weighted by Gasteiger charge is -2.31. The lowest BCUT2D eigenvalue weighted by molar-refractivity contribution is -0.0664. The molecule has 0 aromatic carbocycles. The number of hydrogen-bond acceptors (Lipinski definition) is 4. The summed E-state index contributed by atoms with van der Waals surface area (Å²) in [5.74, 6) is 0. The van der Waals surface area contributed by atoms with E-state index < -0.39 is 0 Å². The average Bonchev–Trinajstić information content (AvgIpc) is 2.62. The molecule has 0 saturated carbocycles. The van der Waals surface area contributed by atoms with Crippen LogP contribution in [0.3, 0.4) is 0 Å². The second-order valence-corrected chi connectivity index (χ2v) is 5.23. The van der Waals surface area contributed by atoms with Crippen molar-refractivity contribution in [3.8, 4) is 0 Å². The van der Waals surface area contributed by atoms with Crippen molar-refractivity contribution < 1.29 is 14.6 Å². The van der Waals surface area contributed by atoms with Crippen LogP contribution in [0.4, 0.5) is 0 Å². The van der Waals surface area contributed by atoms with Crippen molar-refractivity contribution >= 4 is 0 Å². The Bertz CT molecular complexity index is 217. The largest absolute Gasteiger partial charge is 0.394 e. The van der Waals surface area contributed by atoms with E-state index in [9.17, 15) is 0 Å². The molecule has 1 fully saturated rings. The second-order valence-electron chi connectivity index (χ2n) is 5.23. The average molecular weight is 245 g/mol. The first kappa shape index (κ1) is 14.9. The van der Waals surface area contributed by atoms with Crippen molar-refractivity contribution in [2.24, 2.45) is 0 Å². The molecule has 1 heterocycles. The maximum absolute atomic E-state index is 9.08. The first-order valence-corrected chi connectivity index (χ1v) is 6.65. The standard InChI is InChI=1S/C13H27NO3/c1-5-12(10-15)17-11(2)6-7-14-8-9-16-13(14,3)4/h11-12,15H,5-10H2,1-4H3. The van der Waals surface area contributed by atoms with Crippen molar-refractivity contribution in [2.45, 2.75) is 58.5 Å². The first-order chi connectivity index (χ1) is 7.99. The molecule has 1 aliphatic rings. The zero-order chi connectivity index (χ0) is 12.9. The topological polar surface area (TPSA) is 41.9 Å². The fourth-order valence-electron chi connectivity index (χ4n) is 2.15. The van der Waals surface area contributed by atoms with Gasteiger partial charge in [0.25, 0.3) is 0 Å². The number of aliphatic hydroxyl groups excluding tert-OH is 1. The number of ether oxygens (including phenoxy) is 2. The van der Waals surface area contributed by atoms with Crippen LogP contribution < -0.4 is 0 Å². The maximum atomic E-state index is 9.08. The molecule has 4 nitrogen and oxygen atoms in total. The van der Waals surface area contributed by atoms with Crippen LogP contribution in [0.1, 0.15) is 40.5 Å². The highest BCUT2D eigenvalue weighted by molar-refractivity contribution is 4.78. The molecule has 0 bridgehead atoms. The number of aliphatic hydroxyl groups is 1. The van der Waals surface area contributed by atoms with Crippen molar-refractivity contribution in [1.29, 1.82) is 0 Å². The predicted octanol–water partition coefficient (Wildman–Crippen LogP) is 1.62. The number of nitrogens with zero attached hydrogens (tertiary/aromatic N) is 1. The molecule has 2 atom stereocenters. The molecule has 17 heavy (non-hydrogen) atoms. The van der Waals surface area contributed by atoms with Gasteiger partial charge in [0, 0.05) is 13.1 Å². The van der Waals surface area contributed by atoms with Gasteiger partial charge in [-0.1, -0.05) is 6.92 Å². The van der Waals surface area contributed by atoms with Crippen LogP contribution in [0, 0.1) is 0 Å². The molecule has 0 aromatic heterocycles. The summed E-state index contributed by atoms with van der Waals surface area (Å²) in [6, 6.07) is 0. The summed E-state index contributed by atoms with van der Waals surface area (Å²) >= 11 is 0. The summed E-state index contributed by atoms with van der Waals surface area (Å²) in [7, 11) is 0. The van der Waals surface area contributed by atoms with Crippen LogP contribution in [-0.4, -0.2) is 54.2 Å². The van der Waals surface area contributed by atoms with Gasteiger partial charge >= 0.3 is 0 Å². The molecule has 1 rings (SSSR count). The van der Waals surface area contributed by atoms with Crippen molar-refractivity contribution in [1.82, 2.24) is 4.90 Å². The van der Waals surface area contributed by atoms with E-state index in [0.29, 0.717) is 0 Å². The summed E-state index contributed by atoms with van der Waals surface area (Å²) in [5.41, 5.74) is -0.138. The Labute approximate surface area is 105 Å². The Morgan fingerprint density at radius 2 is 2.18 bits per heavy atom. The van der Waals surface area contributed by atoms with Crippen molar-refractivity contribution in [3.05, 3.63) is 0 Å². The molecular formula is C13H27NO3. The Kier molecular flexibility index (Phi) is 5.86. The second kappa shape index (κ2) is 6.69. The quantitative estimate of drug-likeness (QED) is 0.740. The summed E-state index contributed by atoms with van der Waals surface area (Å²) in [6.07, 6.45) is 2.00. The van der Waals surface area contributed by atoms with E-state index in [1.165, 1.54) is 0 Å². The van der Waals surface area contributed by atoms with E-state index in [0.717, 1.165) is 32.5 Å². The maximum Gasteiger partial charge on any atom is 0.116 e. The van der Waals surface area contributed by atoms with Crippen LogP contribution in [-0.2, 0) is 9.47 Å². The van der Waals surface area contributed by atoms with E-state index in [-0.39, 0.29) is 24.5 Å². The van der Waals surface area contributed by atoms with Gasteiger partial charge in [-0.2, -0.15) is 0 Å². The summed E-state index contributed by atoms with van der Waals surface area (Å²) in [4.78, 5) is 2.34. The molecule has 1 aliphatic heterocycles. The fourth-order valence-corrected chi connectivity index (χ4v) is 2.15. The van der Waals surface area contributed by atoms with Gasteiger partial charge in [0.15, 0.2) is 0 Å². The highest BCUT2D eigenvalue weighted by Gasteiger charge is 2.32. The summed E-state index contributed by atoms with van der Waals surface area (Å²) < 4.78 is 11.4. The Morgan fingerprint density at radius 3 is 2.65 bits per heavy atom. The van der Waals surface area contributed by atoms with Crippen LogP contribution >= 0.6 is 0 Å². The van der Waals surface area contributed by atoms with Gasteiger partial charge in [0.05, 0.1) is 25.4 Å². The van der Waals surface area contributed by atoms with Crippen LogP contribution in [0.5, 0.6) is 0 Å². The van der Waals surface area contributed by atoms with Crippen molar-refractivity contribution in [2.75, 3.05) is 26.3 Å². The van der Waals surface area contributed by atoms with Gasteiger partial charge < -0.3 is 14.6 Å². The molecule has 0 spiro atoms. The Balaban J connectivity index is 2.25. The van der Waals surface area contributed by atoms with Gasteiger partial charge in [-0.3, -0.25) is 4.90 Å². The van der Waals surface area contributed by atoms with Crippen LogP contribution in [0.2, 0.25) is 0 Å². The third-order valence-corrected chi connectivity index (χ3v) is 3.47. The Hall–Kier alpha value is -0.160. The SMILES string of the molecule is CCC(CO)OC(C)CCN1CCOC1(C)C. The third-order valence-electron chi connectivity index (χ3n) is 3.47. The molecule has 0 amide bonds. The molecule has 0 radical (unpaired) electrons. The van der Waals surface area contributed by atoms with E-state index in [2.05, 4.69) is 25.7 Å². The van der Waals surface area contributed by atoms with E-state index in [1.807, 2.05) is 6.92 Å². The number of rotatable bonds is 7. The highest BCUT2D eigenvalue weighted by Crippen LogP contribution is 2.22. The highest BCUT2D eigenvalue weighted by atomic mass is 16.5. The van der Waals surface area contributed by atoms with Gasteiger partial charge in [0.2, 0.25) is 0 Å². The van der Waals surface area contributed by atoms with Gasteiger partial charge in [-0.25, -0.2) is 0 Å². The lowest BCUT2D eigenvalue weighted by atomic mass is 10.2. The van der Waals surface area contributed by atoms with Crippen LogP contribution in [0.15, 0.2) is 0 Å². The van der Waals surface area contributed by atoms with Crippen LogP contribution in [0.25, 0.3) is 0 Å². The molecular weight excluding hydrogens is 218 g/mol. The van der Waals surface area contributed by atoms with Crippen molar-refractivity contribution in [3.63, 3.8) is 0 Å². The zero-order valence-corrected chi connectivity index (χ0v) is 11.6. The molecule has 2 unspecified atom stereocenters. The zero-order valence-electron chi connectivity index (χ0n) is 11.6. The minimum Gasteiger partial charge on any atom is -0.394 e. The molecule has 4 heteroatoms. The Morgan fingerprint density at radius 1 is 1.47 bits per heavy atom. The summed E-state index contributed by atoms with van der Waals surface area (Å²) in [5, 5.41) is 9.08. The van der Waals surface area contributed by atoms with E-state index in [1.54, 1.807) is 0 Å². The monoisotopic (exact) mass is 245 g/mol. The molecule has 102 valence electrons. The third kappa shape index (κ3) is 4.54. The number of hydrogen-bond donors (Lipinski definition) is 1. The molecule has 1 N–H and O–H groups in total. The molecule has 1 saturated heterocycles. The first-order valence-electron chi connectivity index (χ1n) is 6.65. The fraction of sp³-hybridized carbons (Fsp3) is 1.00. The molecule has 0 aliphatic carbocycles. The van der Waals surface area contributed by atoms with Gasteiger partial charge in [0.1, 0.15) is 5.72 Å². The minimum absolute atomic E-state index is 0.0205. The lowest BCUT2D eigenvalue weighted by Crippen LogP contribution is -2.41.